The van der Waals surface area contributed by atoms with Crippen LogP contribution in [0.5, 0.6) is 5.75 Å². The van der Waals surface area contributed by atoms with Crippen LogP contribution < -0.4 is 10.1 Å². The van der Waals surface area contributed by atoms with Crippen molar-refractivity contribution in [2.45, 2.75) is 43.0 Å². The minimum Gasteiger partial charge on any atom is -0.494 e. The summed E-state index contributed by atoms with van der Waals surface area (Å²) in [5.41, 5.74) is 0. The third-order valence-corrected chi connectivity index (χ3v) is 3.90. The Hall–Kier alpha value is -0.670. The summed E-state index contributed by atoms with van der Waals surface area (Å²) in [5.74, 6) is 0.990. The first-order chi connectivity index (χ1) is 8.88. The molecular formula is C15H23NOS. The fraction of sp³-hybridized carbons (Fsp3) is 0.600. The highest BCUT2D eigenvalue weighted by Gasteiger charge is 2.19. The van der Waals surface area contributed by atoms with Crippen LogP contribution in [0.1, 0.15) is 32.1 Å². The SMILES string of the molecule is CSc1ccc(OCCCCCNC2CC2)cc1. The Kier molecular flexibility index (Phi) is 5.88. The maximum atomic E-state index is 5.72. The largest absolute Gasteiger partial charge is 0.494 e. The van der Waals surface area contributed by atoms with Crippen molar-refractivity contribution in [1.82, 2.24) is 5.32 Å². The summed E-state index contributed by atoms with van der Waals surface area (Å²) in [6.45, 7) is 2.01. The van der Waals surface area contributed by atoms with Gasteiger partial charge in [0.2, 0.25) is 0 Å². The second-order valence-electron chi connectivity index (χ2n) is 4.81. The van der Waals surface area contributed by atoms with Crippen molar-refractivity contribution in [1.29, 1.82) is 0 Å². The molecular weight excluding hydrogens is 242 g/mol. The summed E-state index contributed by atoms with van der Waals surface area (Å²) < 4.78 is 5.72. The average molecular weight is 265 g/mol. The molecule has 1 fully saturated rings. The third kappa shape index (κ3) is 5.32. The van der Waals surface area contributed by atoms with Crippen LogP contribution in [0.3, 0.4) is 0 Å². The topological polar surface area (TPSA) is 21.3 Å². The maximum absolute atomic E-state index is 5.72. The molecule has 0 atom stereocenters. The fourth-order valence-corrected chi connectivity index (χ4v) is 2.27. The second-order valence-corrected chi connectivity index (χ2v) is 5.69. The van der Waals surface area contributed by atoms with Crippen molar-refractivity contribution < 1.29 is 4.74 Å². The molecule has 0 heterocycles. The highest BCUT2D eigenvalue weighted by Crippen LogP contribution is 2.19. The summed E-state index contributed by atoms with van der Waals surface area (Å²) >= 11 is 1.76. The van der Waals surface area contributed by atoms with Gasteiger partial charge in [0.25, 0.3) is 0 Å². The first-order valence-corrected chi connectivity index (χ1v) is 8.11. The van der Waals surface area contributed by atoms with Crippen LogP contribution in [0.15, 0.2) is 29.2 Å². The van der Waals surface area contributed by atoms with E-state index < -0.39 is 0 Å². The van der Waals surface area contributed by atoms with Gasteiger partial charge in [0.15, 0.2) is 0 Å². The van der Waals surface area contributed by atoms with Crippen LogP contribution in [0.2, 0.25) is 0 Å². The number of rotatable bonds is 9. The van der Waals surface area contributed by atoms with E-state index in [1.807, 2.05) is 0 Å². The van der Waals surface area contributed by atoms with E-state index in [0.29, 0.717) is 0 Å². The van der Waals surface area contributed by atoms with Gasteiger partial charge in [0.1, 0.15) is 5.75 Å². The van der Waals surface area contributed by atoms with Crippen LogP contribution >= 0.6 is 11.8 Å². The molecule has 1 aliphatic rings. The predicted octanol–water partition coefficient (Wildman–Crippen LogP) is 3.71. The summed E-state index contributed by atoms with van der Waals surface area (Å²) in [4.78, 5) is 1.29. The summed E-state index contributed by atoms with van der Waals surface area (Å²) in [5, 5.41) is 3.53. The number of thioether (sulfide) groups is 1. The van der Waals surface area contributed by atoms with Crippen LogP contribution in [-0.4, -0.2) is 25.4 Å². The van der Waals surface area contributed by atoms with Gasteiger partial charge in [-0.25, -0.2) is 0 Å². The number of hydrogen-bond donors (Lipinski definition) is 1. The molecule has 0 saturated heterocycles. The van der Waals surface area contributed by atoms with E-state index in [4.69, 9.17) is 4.74 Å². The highest BCUT2D eigenvalue weighted by molar-refractivity contribution is 7.98. The van der Waals surface area contributed by atoms with Gasteiger partial charge in [-0.15, -0.1) is 11.8 Å². The zero-order valence-electron chi connectivity index (χ0n) is 11.2. The lowest BCUT2D eigenvalue weighted by Gasteiger charge is -2.07. The minimum absolute atomic E-state index is 0.835. The highest BCUT2D eigenvalue weighted by atomic mass is 32.2. The van der Waals surface area contributed by atoms with Gasteiger partial charge in [-0.2, -0.15) is 0 Å². The lowest BCUT2D eigenvalue weighted by atomic mass is 10.2. The first-order valence-electron chi connectivity index (χ1n) is 6.89. The van der Waals surface area contributed by atoms with Gasteiger partial charge in [0.05, 0.1) is 6.61 Å². The molecule has 0 bridgehead atoms. The van der Waals surface area contributed by atoms with Gasteiger partial charge < -0.3 is 10.1 Å². The van der Waals surface area contributed by atoms with E-state index >= 15 is 0 Å². The number of unbranched alkanes of at least 4 members (excludes halogenated alkanes) is 2. The van der Waals surface area contributed by atoms with E-state index in [-0.39, 0.29) is 0 Å². The van der Waals surface area contributed by atoms with Crippen molar-refractivity contribution in [2.24, 2.45) is 0 Å². The van der Waals surface area contributed by atoms with Gasteiger partial charge >= 0.3 is 0 Å². The smallest absolute Gasteiger partial charge is 0.119 e. The molecule has 1 aromatic rings. The quantitative estimate of drug-likeness (QED) is 0.543. The molecule has 3 heteroatoms. The van der Waals surface area contributed by atoms with Crippen molar-refractivity contribution in [2.75, 3.05) is 19.4 Å². The van der Waals surface area contributed by atoms with Gasteiger partial charge in [0, 0.05) is 10.9 Å². The van der Waals surface area contributed by atoms with Crippen molar-refractivity contribution >= 4 is 11.8 Å². The number of nitrogens with one attached hydrogen (secondary N) is 1. The van der Waals surface area contributed by atoms with E-state index in [1.54, 1.807) is 11.8 Å². The van der Waals surface area contributed by atoms with Crippen molar-refractivity contribution in [3.8, 4) is 5.75 Å². The maximum Gasteiger partial charge on any atom is 0.119 e. The normalized spacial score (nSPS) is 14.7. The average Bonchev–Trinajstić information content (AvgIpc) is 3.22. The molecule has 0 aliphatic heterocycles. The zero-order chi connectivity index (χ0) is 12.6. The first kappa shape index (κ1) is 13.8. The molecule has 0 spiro atoms. The Labute approximate surface area is 114 Å². The predicted molar refractivity (Wildman–Crippen MR) is 78.6 cm³/mol. The lowest BCUT2D eigenvalue weighted by Crippen LogP contribution is -2.17. The van der Waals surface area contributed by atoms with Crippen LogP contribution in [-0.2, 0) is 0 Å². The fourth-order valence-electron chi connectivity index (χ4n) is 1.86. The Morgan fingerprint density at radius 1 is 1.17 bits per heavy atom. The molecule has 0 amide bonds. The van der Waals surface area contributed by atoms with E-state index in [2.05, 4.69) is 35.8 Å². The van der Waals surface area contributed by atoms with Gasteiger partial charge in [-0.3, -0.25) is 0 Å². The Bertz CT molecular complexity index is 335. The van der Waals surface area contributed by atoms with Crippen molar-refractivity contribution in [3.05, 3.63) is 24.3 Å². The Balaban J connectivity index is 1.48. The molecule has 1 aliphatic carbocycles. The van der Waals surface area contributed by atoms with Crippen LogP contribution in [0.25, 0.3) is 0 Å². The molecule has 2 nitrogen and oxygen atoms in total. The molecule has 1 aromatic carbocycles. The van der Waals surface area contributed by atoms with E-state index in [9.17, 15) is 0 Å². The summed E-state index contributed by atoms with van der Waals surface area (Å²) in [6.07, 6.45) is 8.53. The van der Waals surface area contributed by atoms with Crippen LogP contribution in [0.4, 0.5) is 0 Å². The van der Waals surface area contributed by atoms with Crippen LogP contribution in [0, 0.1) is 0 Å². The standard InChI is InChI=1S/C15H23NOS/c1-18-15-9-7-14(8-10-15)17-12-4-2-3-11-16-13-5-6-13/h7-10,13,16H,2-6,11-12H2,1H3. The minimum atomic E-state index is 0.835. The van der Waals surface area contributed by atoms with Gasteiger partial charge in [-0.05, 0) is 69.2 Å². The molecule has 0 aromatic heterocycles. The monoisotopic (exact) mass is 265 g/mol. The zero-order valence-corrected chi connectivity index (χ0v) is 12.0. The number of ether oxygens (including phenoxy) is 1. The van der Waals surface area contributed by atoms with Crippen molar-refractivity contribution in [3.63, 3.8) is 0 Å². The molecule has 0 radical (unpaired) electrons. The Morgan fingerprint density at radius 2 is 1.94 bits per heavy atom. The molecule has 1 saturated carbocycles. The number of hydrogen-bond acceptors (Lipinski definition) is 3. The summed E-state index contributed by atoms with van der Waals surface area (Å²) in [7, 11) is 0. The molecule has 0 unspecified atom stereocenters. The summed E-state index contributed by atoms with van der Waals surface area (Å²) in [6, 6.07) is 9.18. The lowest BCUT2D eigenvalue weighted by molar-refractivity contribution is 0.304. The molecule has 100 valence electrons. The number of benzene rings is 1. The van der Waals surface area contributed by atoms with E-state index in [0.717, 1.165) is 24.8 Å². The molecule has 1 N–H and O–H groups in total. The Morgan fingerprint density at radius 3 is 2.61 bits per heavy atom. The molecule has 18 heavy (non-hydrogen) atoms. The van der Waals surface area contributed by atoms with Gasteiger partial charge in [-0.1, -0.05) is 0 Å². The second kappa shape index (κ2) is 7.70. The third-order valence-electron chi connectivity index (χ3n) is 3.16. The molecule has 2 rings (SSSR count). The van der Waals surface area contributed by atoms with E-state index in [1.165, 1.54) is 37.1 Å².